The molecular formula is C8H9F3N2. The number of imidazole rings is 1. The van der Waals surface area contributed by atoms with Crippen molar-refractivity contribution >= 4 is 0 Å². The predicted molar refractivity (Wildman–Crippen MR) is 40.1 cm³/mol. The molecule has 1 aliphatic carbocycles. The van der Waals surface area contributed by atoms with Gasteiger partial charge in [0.15, 0.2) is 0 Å². The van der Waals surface area contributed by atoms with E-state index in [0.717, 1.165) is 25.5 Å². The van der Waals surface area contributed by atoms with E-state index in [0.29, 0.717) is 0 Å². The summed E-state index contributed by atoms with van der Waals surface area (Å²) in [7, 11) is 0. The van der Waals surface area contributed by atoms with Crippen LogP contribution in [0, 0.1) is 0 Å². The third-order valence-electron chi connectivity index (χ3n) is 2.42. The Morgan fingerprint density at radius 1 is 1.38 bits per heavy atom. The Morgan fingerprint density at radius 2 is 2.08 bits per heavy atom. The van der Waals surface area contributed by atoms with E-state index in [1.165, 1.54) is 10.9 Å². The maximum absolute atomic E-state index is 12.3. The van der Waals surface area contributed by atoms with Crippen LogP contribution in [0.5, 0.6) is 0 Å². The lowest BCUT2D eigenvalue weighted by Gasteiger charge is -2.28. The topological polar surface area (TPSA) is 17.8 Å². The van der Waals surface area contributed by atoms with Crippen LogP contribution >= 0.6 is 0 Å². The number of aromatic nitrogens is 2. The van der Waals surface area contributed by atoms with Crippen LogP contribution < -0.4 is 0 Å². The van der Waals surface area contributed by atoms with Gasteiger partial charge >= 0.3 is 6.18 Å². The first-order valence-corrected chi connectivity index (χ1v) is 4.18. The van der Waals surface area contributed by atoms with Gasteiger partial charge in [0.2, 0.25) is 0 Å². The lowest BCUT2D eigenvalue weighted by atomic mass is 9.93. The minimum Gasteiger partial charge on any atom is -0.324 e. The fourth-order valence-corrected chi connectivity index (χ4v) is 1.48. The van der Waals surface area contributed by atoms with Crippen LogP contribution in [0.15, 0.2) is 12.5 Å². The van der Waals surface area contributed by atoms with Gasteiger partial charge in [0, 0.05) is 6.04 Å². The molecule has 72 valence electrons. The third-order valence-corrected chi connectivity index (χ3v) is 2.42. The summed E-state index contributed by atoms with van der Waals surface area (Å²) in [5, 5.41) is 0. The van der Waals surface area contributed by atoms with E-state index < -0.39 is 11.9 Å². The molecule has 1 heterocycles. The van der Waals surface area contributed by atoms with Gasteiger partial charge in [-0.2, -0.15) is 13.2 Å². The molecule has 0 amide bonds. The van der Waals surface area contributed by atoms with Crippen LogP contribution in [0.1, 0.15) is 31.0 Å². The van der Waals surface area contributed by atoms with Crippen molar-refractivity contribution in [3.63, 3.8) is 0 Å². The van der Waals surface area contributed by atoms with Gasteiger partial charge in [-0.1, -0.05) is 0 Å². The smallest absolute Gasteiger partial charge is 0.324 e. The number of halogens is 3. The Labute approximate surface area is 73.4 Å². The molecule has 1 aromatic rings. The summed E-state index contributed by atoms with van der Waals surface area (Å²) in [6.07, 6.45) is 0.566. The van der Waals surface area contributed by atoms with E-state index in [2.05, 4.69) is 4.98 Å². The van der Waals surface area contributed by atoms with Crippen LogP contribution in [0.3, 0.4) is 0 Å². The van der Waals surface area contributed by atoms with Crippen LogP contribution in [0.4, 0.5) is 13.2 Å². The van der Waals surface area contributed by atoms with E-state index >= 15 is 0 Å². The maximum Gasteiger partial charge on any atom is 0.433 e. The number of nitrogens with zero attached hydrogens (tertiary/aromatic N) is 2. The average Bonchev–Trinajstić information content (AvgIpc) is 2.29. The third kappa shape index (κ3) is 1.43. The molecule has 13 heavy (non-hydrogen) atoms. The second kappa shape index (κ2) is 2.75. The molecule has 1 saturated carbocycles. The molecular weight excluding hydrogens is 181 g/mol. The van der Waals surface area contributed by atoms with Crippen molar-refractivity contribution in [1.82, 2.24) is 9.55 Å². The van der Waals surface area contributed by atoms with E-state index in [1.807, 2.05) is 0 Å². The minimum atomic E-state index is -4.27. The molecule has 1 aliphatic rings. The lowest BCUT2D eigenvalue weighted by molar-refractivity contribution is -0.144. The van der Waals surface area contributed by atoms with E-state index in [9.17, 15) is 13.2 Å². The highest BCUT2D eigenvalue weighted by molar-refractivity contribution is 5.05. The molecule has 2 rings (SSSR count). The lowest BCUT2D eigenvalue weighted by Crippen LogP contribution is -2.22. The monoisotopic (exact) mass is 190 g/mol. The van der Waals surface area contributed by atoms with Crippen LogP contribution in [-0.2, 0) is 6.18 Å². The highest BCUT2D eigenvalue weighted by Gasteiger charge is 2.37. The molecule has 0 bridgehead atoms. The zero-order chi connectivity index (χ0) is 9.47. The molecule has 5 heteroatoms. The van der Waals surface area contributed by atoms with Crippen LogP contribution in [-0.4, -0.2) is 9.55 Å². The molecule has 0 radical (unpaired) electrons. The Kier molecular flexibility index (Phi) is 1.82. The standard InChI is InChI=1S/C8H9F3N2/c9-8(10,11)7-4-12-5-13(7)6-2-1-3-6/h4-6H,1-3H2. The highest BCUT2D eigenvalue weighted by atomic mass is 19.4. The first-order chi connectivity index (χ1) is 6.09. The first-order valence-electron chi connectivity index (χ1n) is 4.18. The summed E-state index contributed by atoms with van der Waals surface area (Å²) in [4.78, 5) is 3.53. The number of rotatable bonds is 1. The highest BCUT2D eigenvalue weighted by Crippen LogP contribution is 2.37. The summed E-state index contributed by atoms with van der Waals surface area (Å²) in [5.74, 6) is 0. The van der Waals surface area contributed by atoms with Gasteiger partial charge in [-0.05, 0) is 19.3 Å². The first kappa shape index (κ1) is 8.59. The Hall–Kier alpha value is -1.00. The second-order valence-electron chi connectivity index (χ2n) is 3.27. The number of alkyl halides is 3. The van der Waals surface area contributed by atoms with Crippen molar-refractivity contribution in [2.24, 2.45) is 0 Å². The number of hydrogen-bond acceptors (Lipinski definition) is 1. The van der Waals surface area contributed by atoms with Crippen LogP contribution in [0.2, 0.25) is 0 Å². The number of hydrogen-bond donors (Lipinski definition) is 0. The molecule has 0 aromatic carbocycles. The average molecular weight is 190 g/mol. The van der Waals surface area contributed by atoms with Crippen molar-refractivity contribution in [2.45, 2.75) is 31.5 Å². The van der Waals surface area contributed by atoms with Crippen molar-refractivity contribution in [1.29, 1.82) is 0 Å². The molecule has 0 unspecified atom stereocenters. The van der Waals surface area contributed by atoms with Crippen LogP contribution in [0.25, 0.3) is 0 Å². The molecule has 0 N–H and O–H groups in total. The molecule has 0 saturated heterocycles. The van der Waals surface area contributed by atoms with Gasteiger partial charge in [0.25, 0.3) is 0 Å². The summed E-state index contributed by atoms with van der Waals surface area (Å²) in [6.45, 7) is 0. The summed E-state index contributed by atoms with van der Waals surface area (Å²) in [5.41, 5.74) is -0.628. The van der Waals surface area contributed by atoms with Crippen molar-refractivity contribution in [2.75, 3.05) is 0 Å². The van der Waals surface area contributed by atoms with Gasteiger partial charge in [0.1, 0.15) is 5.69 Å². The van der Waals surface area contributed by atoms with Crippen molar-refractivity contribution < 1.29 is 13.2 Å². The van der Waals surface area contributed by atoms with E-state index in [-0.39, 0.29) is 6.04 Å². The maximum atomic E-state index is 12.3. The zero-order valence-electron chi connectivity index (χ0n) is 6.88. The van der Waals surface area contributed by atoms with E-state index in [4.69, 9.17) is 0 Å². The van der Waals surface area contributed by atoms with Gasteiger partial charge in [0.05, 0.1) is 12.5 Å². The van der Waals surface area contributed by atoms with Gasteiger partial charge < -0.3 is 4.57 Å². The normalized spacial score (nSPS) is 18.7. The van der Waals surface area contributed by atoms with Crippen molar-refractivity contribution in [3.05, 3.63) is 18.2 Å². The molecule has 0 atom stereocenters. The van der Waals surface area contributed by atoms with Gasteiger partial charge in [-0.15, -0.1) is 0 Å². The Balaban J connectivity index is 2.30. The molecule has 0 aliphatic heterocycles. The zero-order valence-corrected chi connectivity index (χ0v) is 6.88. The summed E-state index contributed by atoms with van der Waals surface area (Å²) >= 11 is 0. The summed E-state index contributed by atoms with van der Waals surface area (Å²) in [6, 6.07) is 0.0131. The minimum absolute atomic E-state index is 0.0131. The quantitative estimate of drug-likeness (QED) is 0.665. The van der Waals surface area contributed by atoms with Gasteiger partial charge in [-0.3, -0.25) is 0 Å². The summed E-state index contributed by atoms with van der Waals surface area (Å²) < 4.78 is 38.3. The molecule has 1 fully saturated rings. The predicted octanol–water partition coefficient (Wildman–Crippen LogP) is 2.63. The SMILES string of the molecule is FC(F)(F)c1cncn1C1CCC1. The fourth-order valence-electron chi connectivity index (χ4n) is 1.48. The van der Waals surface area contributed by atoms with Crippen molar-refractivity contribution in [3.8, 4) is 0 Å². The fraction of sp³-hybridized carbons (Fsp3) is 0.625. The largest absolute Gasteiger partial charge is 0.433 e. The molecule has 0 spiro atoms. The molecule has 1 aromatic heterocycles. The second-order valence-corrected chi connectivity index (χ2v) is 3.27. The Bertz CT molecular complexity index is 299. The molecule has 2 nitrogen and oxygen atoms in total. The Morgan fingerprint density at radius 3 is 2.54 bits per heavy atom. The van der Waals surface area contributed by atoms with E-state index in [1.54, 1.807) is 0 Å². The van der Waals surface area contributed by atoms with Gasteiger partial charge in [-0.25, -0.2) is 4.98 Å².